The maximum absolute atomic E-state index is 14.0. The first-order valence-electron chi connectivity index (χ1n) is 14.2. The van der Waals surface area contributed by atoms with E-state index in [0.29, 0.717) is 34.0 Å². The van der Waals surface area contributed by atoms with Gasteiger partial charge in [-0.15, -0.1) is 0 Å². The second kappa shape index (κ2) is 12.8. The molecule has 3 aromatic carbocycles. The minimum absolute atomic E-state index is 0.0678. The summed E-state index contributed by atoms with van der Waals surface area (Å²) in [5, 5.41) is 3.59. The van der Waals surface area contributed by atoms with E-state index in [0.717, 1.165) is 10.9 Å². The van der Waals surface area contributed by atoms with Crippen molar-refractivity contribution in [3.8, 4) is 0 Å². The SMILES string of the molecule is C=C1c2nc3ccccc3c(=O)n2[C@H](Cc2cn(C(=O)CNC(=O)OCc3ccccc3)c3ccccc23)C(=O)N1CCSO. The van der Waals surface area contributed by atoms with Gasteiger partial charge in [0.25, 0.3) is 17.4 Å². The van der Waals surface area contributed by atoms with E-state index in [4.69, 9.17) is 9.72 Å². The highest BCUT2D eigenvalue weighted by Gasteiger charge is 2.38. The van der Waals surface area contributed by atoms with Crippen molar-refractivity contribution in [3.05, 3.63) is 119 Å². The van der Waals surface area contributed by atoms with Crippen LogP contribution in [-0.4, -0.2) is 60.3 Å². The maximum Gasteiger partial charge on any atom is 0.407 e. The molecule has 0 aliphatic carbocycles. The number of aromatic nitrogens is 3. The summed E-state index contributed by atoms with van der Waals surface area (Å²) in [5.41, 5.74) is 2.44. The van der Waals surface area contributed by atoms with Crippen LogP contribution >= 0.6 is 12.0 Å². The van der Waals surface area contributed by atoms with Gasteiger partial charge in [0.1, 0.15) is 19.2 Å². The lowest BCUT2D eigenvalue weighted by molar-refractivity contribution is -0.132. The van der Waals surface area contributed by atoms with Crippen LogP contribution in [0.5, 0.6) is 0 Å². The number of carbonyl (C=O) groups is 3. The third-order valence-electron chi connectivity index (χ3n) is 7.73. The van der Waals surface area contributed by atoms with Crippen molar-refractivity contribution in [1.82, 2.24) is 24.3 Å². The number of hydrogen-bond donors (Lipinski definition) is 2. The summed E-state index contributed by atoms with van der Waals surface area (Å²) in [4.78, 5) is 59.6. The number of amides is 2. The number of nitrogens with zero attached hydrogens (tertiary/aromatic N) is 4. The first-order valence-corrected chi connectivity index (χ1v) is 15.2. The summed E-state index contributed by atoms with van der Waals surface area (Å²) in [5.74, 6) is -0.274. The number of ether oxygens (including phenoxy) is 1. The zero-order valence-corrected chi connectivity index (χ0v) is 24.9. The van der Waals surface area contributed by atoms with Crippen LogP contribution in [0.15, 0.2) is 96.4 Å². The molecule has 0 saturated carbocycles. The number of nitrogens with one attached hydrogen (secondary N) is 1. The summed E-state index contributed by atoms with van der Waals surface area (Å²) >= 11 is 0.605. The second-order valence-electron chi connectivity index (χ2n) is 10.5. The minimum Gasteiger partial charge on any atom is -0.445 e. The summed E-state index contributed by atoms with van der Waals surface area (Å²) in [6, 6.07) is 22.3. The minimum atomic E-state index is -0.987. The first-order chi connectivity index (χ1) is 21.9. The second-order valence-corrected chi connectivity index (χ2v) is 11.1. The van der Waals surface area contributed by atoms with Gasteiger partial charge in [0.05, 0.1) is 22.1 Å². The number of alkyl carbamates (subject to hydrolysis) is 1. The number of rotatable bonds is 9. The lowest BCUT2D eigenvalue weighted by Crippen LogP contribution is -2.48. The van der Waals surface area contributed by atoms with Gasteiger partial charge >= 0.3 is 6.09 Å². The van der Waals surface area contributed by atoms with Crippen molar-refractivity contribution in [2.24, 2.45) is 0 Å². The highest BCUT2D eigenvalue weighted by atomic mass is 32.2. The fourth-order valence-corrected chi connectivity index (χ4v) is 5.84. The standard InChI is InChI=1S/C33H29N5O6S/c1-21-30-35-26-13-7-5-12-25(26)31(40)38(30)28(32(41)36(21)15-16-45-43)17-23-19-37(27-14-8-6-11-24(23)27)29(39)18-34-33(42)44-20-22-9-3-2-4-10-22/h2-14,19,28,43H,1,15-18,20H2,(H,34,42)/t28-/m1/s1. The van der Waals surface area contributed by atoms with Gasteiger partial charge in [-0.25, -0.2) is 9.78 Å². The van der Waals surface area contributed by atoms with E-state index < -0.39 is 18.0 Å². The maximum atomic E-state index is 14.0. The molecule has 1 atom stereocenters. The number of carbonyl (C=O) groups excluding carboxylic acids is 3. The molecule has 3 heterocycles. The molecule has 0 bridgehead atoms. The molecule has 1 aliphatic heterocycles. The zero-order chi connectivity index (χ0) is 31.5. The van der Waals surface area contributed by atoms with Gasteiger partial charge in [-0.1, -0.05) is 67.2 Å². The molecule has 45 heavy (non-hydrogen) atoms. The van der Waals surface area contributed by atoms with E-state index in [2.05, 4.69) is 11.9 Å². The number of para-hydroxylation sites is 2. The fourth-order valence-electron chi connectivity index (χ4n) is 5.57. The Bertz CT molecular complexity index is 2000. The largest absolute Gasteiger partial charge is 0.445 e. The van der Waals surface area contributed by atoms with E-state index >= 15 is 0 Å². The molecule has 0 fully saturated rings. The number of fused-ring (bicyclic) bond motifs is 3. The molecule has 2 amide bonds. The lowest BCUT2D eigenvalue weighted by atomic mass is 10.0. The molecule has 2 N–H and O–H groups in total. The molecule has 2 aromatic heterocycles. The topological polar surface area (TPSA) is 136 Å². The summed E-state index contributed by atoms with van der Waals surface area (Å²) in [6.45, 7) is 3.99. The van der Waals surface area contributed by atoms with E-state index in [1.54, 1.807) is 42.6 Å². The van der Waals surface area contributed by atoms with Gasteiger partial charge in [-0.3, -0.25) is 23.5 Å². The molecule has 0 spiro atoms. The van der Waals surface area contributed by atoms with Crippen molar-refractivity contribution < 1.29 is 23.7 Å². The Morgan fingerprint density at radius 1 is 0.978 bits per heavy atom. The van der Waals surface area contributed by atoms with Crippen LogP contribution in [0.25, 0.3) is 27.5 Å². The van der Waals surface area contributed by atoms with Gasteiger partial charge < -0.3 is 19.5 Å². The third kappa shape index (κ3) is 5.85. The number of benzene rings is 3. The van der Waals surface area contributed by atoms with Gasteiger partial charge in [0.2, 0.25) is 0 Å². The Labute approximate surface area is 261 Å². The van der Waals surface area contributed by atoms with Crippen LogP contribution in [0.4, 0.5) is 4.79 Å². The molecular weight excluding hydrogens is 594 g/mol. The summed E-state index contributed by atoms with van der Waals surface area (Å²) in [6.07, 6.45) is 0.983. The Kier molecular flexibility index (Phi) is 8.49. The van der Waals surface area contributed by atoms with Crippen LogP contribution < -0.4 is 10.9 Å². The van der Waals surface area contributed by atoms with Crippen LogP contribution in [0.1, 0.15) is 27.8 Å². The predicted octanol–water partition coefficient (Wildman–Crippen LogP) is 4.72. The molecule has 6 rings (SSSR count). The fraction of sp³-hybridized carbons (Fsp3) is 0.182. The normalized spacial score (nSPS) is 14.5. The average molecular weight is 624 g/mol. The first kappa shape index (κ1) is 29.9. The Hall–Kier alpha value is -5.20. The molecule has 5 aromatic rings. The Morgan fingerprint density at radius 2 is 1.69 bits per heavy atom. The lowest BCUT2D eigenvalue weighted by Gasteiger charge is -2.36. The molecule has 0 unspecified atom stereocenters. The van der Waals surface area contributed by atoms with Gasteiger partial charge in [-0.05, 0) is 41.4 Å². The molecule has 11 nitrogen and oxygen atoms in total. The van der Waals surface area contributed by atoms with E-state index in [1.165, 1.54) is 14.0 Å². The Morgan fingerprint density at radius 3 is 2.47 bits per heavy atom. The van der Waals surface area contributed by atoms with E-state index in [1.807, 2.05) is 42.5 Å². The van der Waals surface area contributed by atoms with Crippen LogP contribution in [0.3, 0.4) is 0 Å². The smallest absolute Gasteiger partial charge is 0.407 e. The zero-order valence-electron chi connectivity index (χ0n) is 24.1. The molecule has 0 radical (unpaired) electrons. The summed E-state index contributed by atoms with van der Waals surface area (Å²) in [7, 11) is 0. The van der Waals surface area contributed by atoms with Crippen molar-refractivity contribution in [3.63, 3.8) is 0 Å². The van der Waals surface area contributed by atoms with E-state index in [9.17, 15) is 23.7 Å². The van der Waals surface area contributed by atoms with Crippen molar-refractivity contribution >= 4 is 57.5 Å². The quantitative estimate of drug-likeness (QED) is 0.225. The highest BCUT2D eigenvalue weighted by molar-refractivity contribution is 7.93. The van der Waals surface area contributed by atoms with Crippen molar-refractivity contribution in [2.45, 2.75) is 19.1 Å². The predicted molar refractivity (Wildman–Crippen MR) is 172 cm³/mol. The molecular formula is C33H29N5O6S. The molecule has 12 heteroatoms. The Balaban J connectivity index is 1.31. The van der Waals surface area contributed by atoms with Crippen molar-refractivity contribution in [2.75, 3.05) is 18.8 Å². The van der Waals surface area contributed by atoms with Crippen LogP contribution in [-0.2, 0) is 22.6 Å². The van der Waals surface area contributed by atoms with Crippen LogP contribution in [0, 0.1) is 0 Å². The summed E-state index contributed by atoms with van der Waals surface area (Å²) < 4.78 is 17.4. The number of hydrogen-bond acceptors (Lipinski definition) is 8. The van der Waals surface area contributed by atoms with Gasteiger partial charge in [0, 0.05) is 30.3 Å². The van der Waals surface area contributed by atoms with Gasteiger partial charge in [0.15, 0.2) is 5.82 Å². The third-order valence-corrected chi connectivity index (χ3v) is 8.10. The van der Waals surface area contributed by atoms with Crippen LogP contribution in [0.2, 0.25) is 0 Å². The molecule has 0 saturated heterocycles. The van der Waals surface area contributed by atoms with Gasteiger partial charge in [-0.2, -0.15) is 0 Å². The highest BCUT2D eigenvalue weighted by Crippen LogP contribution is 2.33. The van der Waals surface area contributed by atoms with Crippen molar-refractivity contribution in [1.29, 1.82) is 0 Å². The monoisotopic (exact) mass is 623 g/mol. The average Bonchev–Trinajstić information content (AvgIpc) is 3.43. The van der Waals surface area contributed by atoms with E-state index in [-0.39, 0.29) is 54.9 Å². The molecule has 228 valence electrons. The molecule has 1 aliphatic rings.